The van der Waals surface area contributed by atoms with E-state index in [1.54, 1.807) is 62.4 Å². The van der Waals surface area contributed by atoms with Gasteiger partial charge in [0, 0.05) is 29.2 Å². The Labute approximate surface area is 196 Å². The van der Waals surface area contributed by atoms with Gasteiger partial charge in [-0.1, -0.05) is 11.6 Å². The van der Waals surface area contributed by atoms with Crippen molar-refractivity contribution in [3.8, 4) is 5.75 Å². The van der Waals surface area contributed by atoms with Crippen LogP contribution in [0, 0.1) is 0 Å². The summed E-state index contributed by atoms with van der Waals surface area (Å²) in [5, 5.41) is 18.8. The molecular formula is C21H24Cl3NO6. The third kappa shape index (κ3) is 8.65. The van der Waals surface area contributed by atoms with Gasteiger partial charge in [0.15, 0.2) is 11.4 Å². The Balaban J connectivity index is 0.00000151. The minimum absolute atomic E-state index is 0.112. The van der Waals surface area contributed by atoms with Gasteiger partial charge in [-0.05, 0) is 62.4 Å². The third-order valence-corrected chi connectivity index (χ3v) is 4.39. The van der Waals surface area contributed by atoms with E-state index in [9.17, 15) is 9.59 Å². The number of ether oxygens (including phenoxy) is 1. The topological polar surface area (TPSA) is 96.3 Å². The van der Waals surface area contributed by atoms with Crippen LogP contribution < -0.4 is 4.74 Å². The van der Waals surface area contributed by atoms with Crippen LogP contribution in [0.15, 0.2) is 48.5 Å². The molecular weight excluding hydrogens is 469 g/mol. The molecule has 1 amide bonds. The normalized spacial score (nSPS) is 10.7. The number of aliphatic hydroxyl groups excluding tert-OH is 2. The lowest BCUT2D eigenvalue weighted by Crippen LogP contribution is -2.50. The molecule has 10 heteroatoms. The Morgan fingerprint density at radius 2 is 1.32 bits per heavy atom. The number of benzene rings is 2. The molecule has 2 rings (SSSR count). The van der Waals surface area contributed by atoms with Crippen LogP contribution in [-0.2, 0) is 8.64 Å². The highest BCUT2D eigenvalue weighted by molar-refractivity contribution is 6.30. The number of ketones is 1. The molecule has 0 saturated heterocycles. The molecule has 0 heterocycles. The van der Waals surface area contributed by atoms with Gasteiger partial charge in [-0.25, -0.2) is 0 Å². The van der Waals surface area contributed by atoms with E-state index in [1.165, 1.54) is 4.90 Å². The van der Waals surface area contributed by atoms with Gasteiger partial charge in [-0.2, -0.15) is 3.84 Å². The maximum Gasteiger partial charge on any atom is 0.266 e. The van der Waals surface area contributed by atoms with Gasteiger partial charge in [-0.15, -0.1) is 0 Å². The van der Waals surface area contributed by atoms with E-state index in [0.29, 0.717) is 21.9 Å². The molecule has 0 aromatic heterocycles. The van der Waals surface area contributed by atoms with Crippen molar-refractivity contribution in [3.05, 3.63) is 64.7 Å². The van der Waals surface area contributed by atoms with E-state index in [-0.39, 0.29) is 38.0 Å². The number of carbonyl (C=O) groups is 2. The summed E-state index contributed by atoms with van der Waals surface area (Å²) < 4.78 is 9.00. The quantitative estimate of drug-likeness (QED) is 0.516. The van der Waals surface area contributed by atoms with Crippen molar-refractivity contribution in [2.24, 2.45) is 0 Å². The lowest BCUT2D eigenvalue weighted by molar-refractivity contribution is -0.146. The zero-order chi connectivity index (χ0) is 23.4. The van der Waals surface area contributed by atoms with Gasteiger partial charge in [0.2, 0.25) is 0 Å². The fourth-order valence-corrected chi connectivity index (χ4v) is 2.84. The number of carbonyl (C=O) groups excluding carboxylic acids is 2. The standard InChI is InChI=1S/C21H24ClNO5.Cl2O/c1-21(2,20(27)23(11-13-24)12-14-25)28-18-9-5-16(6-10-18)19(26)15-3-7-17(22)8-4-15;1-3-2/h3-10,24-25H,11-14H2,1-2H3;. The maximum atomic E-state index is 12.7. The van der Waals surface area contributed by atoms with Crippen molar-refractivity contribution in [1.82, 2.24) is 4.90 Å². The largest absolute Gasteiger partial charge is 0.478 e. The second-order valence-electron chi connectivity index (χ2n) is 6.77. The summed E-state index contributed by atoms with van der Waals surface area (Å²) in [6, 6.07) is 13.1. The minimum Gasteiger partial charge on any atom is -0.478 e. The van der Waals surface area contributed by atoms with Crippen LogP contribution >= 0.6 is 35.3 Å². The van der Waals surface area contributed by atoms with Gasteiger partial charge >= 0.3 is 0 Å². The SMILES string of the molecule is CC(C)(Oc1ccc(C(=O)c2ccc(Cl)cc2)cc1)C(=O)N(CCO)CCO.ClOCl. The highest BCUT2D eigenvalue weighted by atomic mass is 35.6. The molecule has 2 N–H and O–H groups in total. The summed E-state index contributed by atoms with van der Waals surface area (Å²) in [7, 11) is 0. The van der Waals surface area contributed by atoms with Crippen LogP contribution in [0.2, 0.25) is 5.02 Å². The molecule has 0 radical (unpaired) electrons. The predicted octanol–water partition coefficient (Wildman–Crippen LogP) is 3.85. The Kier molecular flexibility index (Phi) is 11.8. The zero-order valence-corrected chi connectivity index (χ0v) is 19.3. The van der Waals surface area contributed by atoms with Crippen molar-refractivity contribution in [1.29, 1.82) is 0 Å². The first-order chi connectivity index (χ1) is 14.7. The Hall–Kier alpha value is -1.87. The van der Waals surface area contributed by atoms with Crippen molar-refractivity contribution < 1.29 is 28.4 Å². The number of aliphatic hydroxyl groups is 2. The molecule has 0 unspecified atom stereocenters. The van der Waals surface area contributed by atoms with Gasteiger partial charge in [0.25, 0.3) is 5.91 Å². The average molecular weight is 493 g/mol. The molecule has 2 aromatic carbocycles. The molecule has 2 aromatic rings. The molecule has 0 saturated carbocycles. The van der Waals surface area contributed by atoms with Crippen LogP contribution in [0.1, 0.15) is 29.8 Å². The molecule has 0 aliphatic carbocycles. The van der Waals surface area contributed by atoms with Gasteiger partial charge in [0.1, 0.15) is 5.75 Å². The van der Waals surface area contributed by atoms with Crippen LogP contribution in [0.5, 0.6) is 5.75 Å². The van der Waals surface area contributed by atoms with Crippen molar-refractivity contribution in [2.45, 2.75) is 19.4 Å². The summed E-state index contributed by atoms with van der Waals surface area (Å²) >= 11 is 14.4. The lowest BCUT2D eigenvalue weighted by atomic mass is 10.0. The molecule has 170 valence electrons. The first kappa shape index (κ1) is 27.2. The van der Waals surface area contributed by atoms with E-state index in [2.05, 4.69) is 27.6 Å². The van der Waals surface area contributed by atoms with Crippen molar-refractivity contribution in [2.75, 3.05) is 26.3 Å². The van der Waals surface area contributed by atoms with E-state index in [0.717, 1.165) is 0 Å². The first-order valence-electron chi connectivity index (χ1n) is 9.20. The number of nitrogens with zero attached hydrogens (tertiary/aromatic N) is 1. The van der Waals surface area contributed by atoms with Gasteiger partial charge in [0.05, 0.1) is 36.9 Å². The monoisotopic (exact) mass is 491 g/mol. The van der Waals surface area contributed by atoms with Crippen LogP contribution in [0.25, 0.3) is 0 Å². The average Bonchev–Trinajstić information content (AvgIpc) is 2.74. The molecule has 0 spiro atoms. The van der Waals surface area contributed by atoms with Crippen LogP contribution in [0.4, 0.5) is 0 Å². The number of hydrogen-bond donors (Lipinski definition) is 2. The summed E-state index contributed by atoms with van der Waals surface area (Å²) in [6.45, 7) is 3.04. The number of amides is 1. The van der Waals surface area contributed by atoms with E-state index >= 15 is 0 Å². The Morgan fingerprint density at radius 3 is 1.74 bits per heavy atom. The summed E-state index contributed by atoms with van der Waals surface area (Å²) in [6.07, 6.45) is 0. The van der Waals surface area contributed by atoms with E-state index < -0.39 is 5.60 Å². The van der Waals surface area contributed by atoms with Crippen molar-refractivity contribution >= 4 is 47.0 Å². The molecule has 0 bridgehead atoms. The molecule has 0 aliphatic heterocycles. The third-order valence-electron chi connectivity index (χ3n) is 4.14. The number of rotatable bonds is 9. The van der Waals surface area contributed by atoms with Crippen LogP contribution in [-0.4, -0.2) is 58.7 Å². The van der Waals surface area contributed by atoms with Gasteiger partial charge in [-0.3, -0.25) is 9.59 Å². The minimum atomic E-state index is -1.20. The summed E-state index contributed by atoms with van der Waals surface area (Å²) in [4.78, 5) is 26.5. The fraction of sp³-hybridized carbons (Fsp3) is 0.333. The smallest absolute Gasteiger partial charge is 0.266 e. The van der Waals surface area contributed by atoms with E-state index in [1.807, 2.05) is 0 Å². The molecule has 0 fully saturated rings. The maximum absolute atomic E-state index is 12.7. The highest BCUT2D eigenvalue weighted by Gasteiger charge is 2.34. The second-order valence-corrected chi connectivity index (χ2v) is 7.67. The number of halogens is 3. The van der Waals surface area contributed by atoms with Crippen molar-refractivity contribution in [3.63, 3.8) is 0 Å². The second kappa shape index (κ2) is 13.5. The number of hydrogen-bond acceptors (Lipinski definition) is 6. The first-order valence-corrected chi connectivity index (χ1v) is 10.2. The van der Waals surface area contributed by atoms with Crippen LogP contribution in [0.3, 0.4) is 0 Å². The summed E-state index contributed by atoms with van der Waals surface area (Å²) in [5.74, 6) is -0.0634. The predicted molar refractivity (Wildman–Crippen MR) is 120 cm³/mol. The van der Waals surface area contributed by atoms with E-state index in [4.69, 9.17) is 26.6 Å². The lowest BCUT2D eigenvalue weighted by Gasteiger charge is -2.31. The van der Waals surface area contributed by atoms with Gasteiger partial charge < -0.3 is 19.8 Å². The Bertz CT molecular complexity index is 822. The zero-order valence-electron chi connectivity index (χ0n) is 17.1. The molecule has 31 heavy (non-hydrogen) atoms. The fourth-order valence-electron chi connectivity index (χ4n) is 2.72. The Morgan fingerprint density at radius 1 is 0.903 bits per heavy atom. The molecule has 7 nitrogen and oxygen atoms in total. The highest BCUT2D eigenvalue weighted by Crippen LogP contribution is 2.22. The molecule has 0 aliphatic rings. The molecule has 0 atom stereocenters. The summed E-state index contributed by atoms with van der Waals surface area (Å²) in [5.41, 5.74) is -0.190.